The number of benzene rings is 3. The summed E-state index contributed by atoms with van der Waals surface area (Å²) in [5.74, 6) is -1.27. The first-order valence-corrected chi connectivity index (χ1v) is 11.1. The number of hydrogen-bond acceptors (Lipinski definition) is 4. The average Bonchev–Trinajstić information content (AvgIpc) is 2.69. The molecule has 0 unspecified atom stereocenters. The molecular formula is C22H18F4N2O3S. The predicted octanol–water partition coefficient (Wildman–Crippen LogP) is 5.55. The molecular weight excluding hydrogens is 448 g/mol. The van der Waals surface area contributed by atoms with Crippen LogP contribution < -0.4 is 10.6 Å². The normalized spacial score (nSPS) is 11.8. The molecule has 0 heterocycles. The predicted molar refractivity (Wildman–Crippen MR) is 113 cm³/mol. The van der Waals surface area contributed by atoms with Gasteiger partial charge in [-0.15, -0.1) is 0 Å². The summed E-state index contributed by atoms with van der Waals surface area (Å²) in [7, 11) is -3.52. The van der Waals surface area contributed by atoms with Crippen molar-refractivity contribution in [2.75, 3.05) is 16.9 Å². The molecule has 2 N–H and O–H groups in total. The zero-order chi connectivity index (χ0) is 23.7. The summed E-state index contributed by atoms with van der Waals surface area (Å²) >= 11 is 0. The van der Waals surface area contributed by atoms with Gasteiger partial charge in [0.25, 0.3) is 5.91 Å². The lowest BCUT2D eigenvalue weighted by atomic mass is 10.1. The fraction of sp³-hybridized carbons (Fsp3) is 0.136. The molecule has 0 aliphatic heterocycles. The Morgan fingerprint density at radius 3 is 2.28 bits per heavy atom. The topological polar surface area (TPSA) is 75.3 Å². The molecule has 10 heteroatoms. The molecule has 0 saturated heterocycles. The highest BCUT2D eigenvalue weighted by atomic mass is 32.2. The second kappa shape index (κ2) is 8.62. The molecule has 168 valence electrons. The first-order valence-electron chi connectivity index (χ1n) is 9.20. The second-order valence-corrected chi connectivity index (χ2v) is 9.11. The molecule has 0 aliphatic carbocycles. The molecule has 0 bridgehead atoms. The number of halogens is 4. The summed E-state index contributed by atoms with van der Waals surface area (Å²) < 4.78 is 76.6. The van der Waals surface area contributed by atoms with Crippen LogP contribution in [-0.4, -0.2) is 20.6 Å². The van der Waals surface area contributed by atoms with Gasteiger partial charge in [0.15, 0.2) is 9.84 Å². The first-order chi connectivity index (χ1) is 14.8. The molecule has 3 aromatic carbocycles. The van der Waals surface area contributed by atoms with Gasteiger partial charge in [0, 0.05) is 17.6 Å². The Balaban J connectivity index is 2.00. The molecule has 0 atom stereocenters. The lowest BCUT2D eigenvalue weighted by molar-refractivity contribution is -0.137. The van der Waals surface area contributed by atoms with Gasteiger partial charge in [-0.2, -0.15) is 13.2 Å². The van der Waals surface area contributed by atoms with E-state index in [1.807, 2.05) is 0 Å². The molecule has 32 heavy (non-hydrogen) atoms. The third-order valence-corrected chi connectivity index (χ3v) is 5.68. The second-order valence-electron chi connectivity index (χ2n) is 7.10. The van der Waals surface area contributed by atoms with Crippen LogP contribution in [0.2, 0.25) is 0 Å². The van der Waals surface area contributed by atoms with Gasteiger partial charge in [0.1, 0.15) is 5.82 Å². The van der Waals surface area contributed by atoms with Gasteiger partial charge in [0.05, 0.1) is 21.7 Å². The maximum atomic E-state index is 13.4. The van der Waals surface area contributed by atoms with Gasteiger partial charge in [-0.1, -0.05) is 6.07 Å². The van der Waals surface area contributed by atoms with E-state index in [0.717, 1.165) is 30.5 Å². The highest BCUT2D eigenvalue weighted by molar-refractivity contribution is 7.90. The first kappa shape index (κ1) is 23.3. The number of alkyl halides is 3. The van der Waals surface area contributed by atoms with Crippen molar-refractivity contribution >= 4 is 32.8 Å². The largest absolute Gasteiger partial charge is 0.416 e. The van der Waals surface area contributed by atoms with Crippen molar-refractivity contribution in [3.05, 3.63) is 83.2 Å². The van der Waals surface area contributed by atoms with Crippen LogP contribution in [0.15, 0.2) is 65.6 Å². The van der Waals surface area contributed by atoms with Gasteiger partial charge >= 0.3 is 6.18 Å². The van der Waals surface area contributed by atoms with E-state index in [4.69, 9.17) is 0 Å². The van der Waals surface area contributed by atoms with Crippen molar-refractivity contribution in [1.82, 2.24) is 0 Å². The number of carbonyl (C=O) groups is 1. The summed E-state index contributed by atoms with van der Waals surface area (Å²) in [5.41, 5.74) is -0.344. The maximum Gasteiger partial charge on any atom is 0.416 e. The van der Waals surface area contributed by atoms with Crippen LogP contribution >= 0.6 is 0 Å². The SMILES string of the molecule is Cc1cc(F)ccc1Nc1cc(C(F)(F)F)ccc1C(=O)Nc1cccc(S(C)(=O)=O)c1. The Labute approximate surface area is 182 Å². The van der Waals surface area contributed by atoms with Crippen molar-refractivity contribution < 1.29 is 30.8 Å². The minimum Gasteiger partial charge on any atom is -0.355 e. The van der Waals surface area contributed by atoms with Crippen molar-refractivity contribution in [1.29, 1.82) is 0 Å². The number of amides is 1. The molecule has 0 spiro atoms. The Bertz CT molecular complexity index is 1290. The fourth-order valence-corrected chi connectivity index (χ4v) is 3.60. The van der Waals surface area contributed by atoms with Gasteiger partial charge in [0.2, 0.25) is 0 Å². The number of sulfone groups is 1. The zero-order valence-corrected chi connectivity index (χ0v) is 17.7. The van der Waals surface area contributed by atoms with Crippen molar-refractivity contribution in [2.45, 2.75) is 18.0 Å². The lowest BCUT2D eigenvalue weighted by Gasteiger charge is -2.17. The summed E-state index contributed by atoms with van der Waals surface area (Å²) in [4.78, 5) is 12.8. The summed E-state index contributed by atoms with van der Waals surface area (Å²) in [6.45, 7) is 1.56. The molecule has 5 nitrogen and oxygen atoms in total. The van der Waals surface area contributed by atoms with E-state index in [1.165, 1.54) is 36.4 Å². The van der Waals surface area contributed by atoms with E-state index >= 15 is 0 Å². The molecule has 3 aromatic rings. The molecule has 0 aromatic heterocycles. The minimum absolute atomic E-state index is 0.0250. The van der Waals surface area contributed by atoms with E-state index in [9.17, 15) is 30.8 Å². The summed E-state index contributed by atoms with van der Waals surface area (Å²) in [5, 5.41) is 5.25. The van der Waals surface area contributed by atoms with Gasteiger partial charge in [-0.3, -0.25) is 4.79 Å². The van der Waals surface area contributed by atoms with E-state index in [2.05, 4.69) is 10.6 Å². The Kier molecular flexibility index (Phi) is 6.27. The molecule has 0 aliphatic rings. The van der Waals surface area contributed by atoms with Crippen LogP contribution in [0.3, 0.4) is 0 Å². The highest BCUT2D eigenvalue weighted by Gasteiger charge is 2.31. The van der Waals surface area contributed by atoms with Crippen molar-refractivity contribution in [3.63, 3.8) is 0 Å². The number of nitrogens with one attached hydrogen (secondary N) is 2. The molecule has 1 amide bonds. The van der Waals surface area contributed by atoms with E-state index < -0.39 is 33.3 Å². The summed E-state index contributed by atoms with van der Waals surface area (Å²) in [6.07, 6.45) is -3.63. The standard InChI is InChI=1S/C22H18F4N2O3S/c1-13-10-15(23)7-9-19(13)28-20-11-14(22(24,25)26)6-8-18(20)21(29)27-16-4-3-5-17(12-16)32(2,30)31/h3-12,28H,1-2H3,(H,27,29). The van der Waals surface area contributed by atoms with Crippen molar-refractivity contribution in [2.24, 2.45) is 0 Å². The number of hydrogen-bond donors (Lipinski definition) is 2. The Morgan fingerprint density at radius 1 is 0.938 bits per heavy atom. The fourth-order valence-electron chi connectivity index (χ4n) is 2.94. The van der Waals surface area contributed by atoms with Crippen LogP contribution in [0.5, 0.6) is 0 Å². The monoisotopic (exact) mass is 466 g/mol. The van der Waals surface area contributed by atoms with Crippen molar-refractivity contribution in [3.8, 4) is 0 Å². The third-order valence-electron chi connectivity index (χ3n) is 4.57. The van der Waals surface area contributed by atoms with Gasteiger partial charge in [-0.05, 0) is 67.1 Å². The smallest absolute Gasteiger partial charge is 0.355 e. The quantitative estimate of drug-likeness (QED) is 0.484. The summed E-state index contributed by atoms with van der Waals surface area (Å²) in [6, 6.07) is 11.7. The van der Waals surface area contributed by atoms with Crippen LogP contribution in [0.4, 0.5) is 34.6 Å². The van der Waals surface area contributed by atoms with E-state index in [0.29, 0.717) is 11.3 Å². The third kappa shape index (κ3) is 5.44. The van der Waals surface area contributed by atoms with Crippen LogP contribution in [0, 0.1) is 12.7 Å². The lowest BCUT2D eigenvalue weighted by Crippen LogP contribution is -2.16. The van der Waals surface area contributed by atoms with Crippen LogP contribution in [0.25, 0.3) is 0 Å². The van der Waals surface area contributed by atoms with E-state index in [-0.39, 0.29) is 21.8 Å². The highest BCUT2D eigenvalue weighted by Crippen LogP contribution is 2.34. The Morgan fingerprint density at radius 2 is 1.66 bits per heavy atom. The molecule has 0 fully saturated rings. The molecule has 3 rings (SSSR count). The molecule has 0 saturated carbocycles. The number of rotatable bonds is 5. The zero-order valence-electron chi connectivity index (χ0n) is 16.9. The number of aryl methyl sites for hydroxylation is 1. The van der Waals surface area contributed by atoms with E-state index in [1.54, 1.807) is 6.92 Å². The number of carbonyl (C=O) groups excluding carboxylic acids is 1. The Hall–Kier alpha value is -3.40. The molecule has 0 radical (unpaired) electrons. The van der Waals surface area contributed by atoms with Crippen LogP contribution in [0.1, 0.15) is 21.5 Å². The van der Waals surface area contributed by atoms with Crippen LogP contribution in [-0.2, 0) is 16.0 Å². The average molecular weight is 466 g/mol. The van der Waals surface area contributed by atoms with Gasteiger partial charge < -0.3 is 10.6 Å². The number of anilines is 3. The minimum atomic E-state index is -4.65. The van der Waals surface area contributed by atoms with Gasteiger partial charge in [-0.25, -0.2) is 12.8 Å². The maximum absolute atomic E-state index is 13.4.